The van der Waals surface area contributed by atoms with Gasteiger partial charge < -0.3 is 22.1 Å². The van der Waals surface area contributed by atoms with Crippen LogP contribution in [0.5, 0.6) is 0 Å². The van der Waals surface area contributed by atoms with E-state index in [1.807, 2.05) is 6.92 Å². The zero-order chi connectivity index (χ0) is 8.27. The van der Waals surface area contributed by atoms with Crippen molar-refractivity contribution >= 4 is 0 Å². The molecular weight excluding hydrogens is 220 g/mol. The highest BCUT2D eigenvalue weighted by Crippen LogP contribution is 1.89. The van der Waals surface area contributed by atoms with E-state index in [1.54, 1.807) is 0 Å². The number of hydrogen-bond donors (Lipinski definition) is 2. The molecule has 74 valence electrons. The Morgan fingerprint density at radius 2 is 2.17 bits per heavy atom. The molecule has 1 rings (SSSR count). The number of nitrogens with one attached hydrogen (secondary N) is 1. The summed E-state index contributed by atoms with van der Waals surface area (Å²) in [5, 5.41) is 9.51. The van der Waals surface area contributed by atoms with Crippen LogP contribution >= 0.6 is 0 Å². The summed E-state index contributed by atoms with van der Waals surface area (Å²) >= 11 is 0. The van der Waals surface area contributed by atoms with Crippen molar-refractivity contribution in [3.63, 3.8) is 0 Å². The quantitative estimate of drug-likeness (QED) is 0.524. The summed E-state index contributed by atoms with van der Waals surface area (Å²) in [5.74, 6) is 0. The molecule has 12 heavy (non-hydrogen) atoms. The van der Waals surface area contributed by atoms with Gasteiger partial charge in [0.2, 0.25) is 0 Å². The van der Waals surface area contributed by atoms with Gasteiger partial charge in [-0.3, -0.25) is 9.80 Å². The number of hydrogen-bond acceptors (Lipinski definition) is 2. The van der Waals surface area contributed by atoms with Crippen LogP contribution in [-0.2, 0) is 0 Å². The second-order valence-corrected chi connectivity index (χ2v) is 3.20. The summed E-state index contributed by atoms with van der Waals surface area (Å²) in [4.78, 5) is 3.70. The van der Waals surface area contributed by atoms with Gasteiger partial charge in [-0.15, -0.1) is 0 Å². The Balaban J connectivity index is 0.00000121. The van der Waals surface area contributed by atoms with Crippen LogP contribution in [0, 0.1) is 0 Å². The number of halogens is 1. The fraction of sp³-hybridized carbons (Fsp3) is 1.00. The van der Waals surface area contributed by atoms with Crippen molar-refractivity contribution in [3.8, 4) is 0 Å². The molecule has 0 aromatic carbocycles. The molecular formula is C8H19BrN2O. The van der Waals surface area contributed by atoms with Gasteiger partial charge >= 0.3 is 0 Å². The predicted molar refractivity (Wildman–Crippen MR) is 44.2 cm³/mol. The maximum Gasteiger partial charge on any atom is 0.189 e. The lowest BCUT2D eigenvalue weighted by molar-refractivity contribution is -0.940. The second-order valence-electron chi connectivity index (χ2n) is 3.20. The minimum atomic E-state index is -0.147. The molecule has 0 aromatic heterocycles. The first kappa shape index (κ1) is 12.4. The van der Waals surface area contributed by atoms with Gasteiger partial charge in [0.05, 0.1) is 13.1 Å². The van der Waals surface area contributed by atoms with Gasteiger partial charge in [-0.2, -0.15) is 0 Å². The van der Waals surface area contributed by atoms with Crippen LogP contribution in [0.4, 0.5) is 0 Å². The third kappa shape index (κ3) is 3.01. The molecule has 1 heterocycles. The van der Waals surface area contributed by atoms with Crippen LogP contribution in [0.15, 0.2) is 0 Å². The Morgan fingerprint density at radius 3 is 2.58 bits per heavy atom. The lowest BCUT2D eigenvalue weighted by Gasteiger charge is -2.18. The van der Waals surface area contributed by atoms with E-state index >= 15 is 0 Å². The molecule has 0 radical (unpaired) electrons. The van der Waals surface area contributed by atoms with Gasteiger partial charge in [-0.05, 0) is 0 Å². The van der Waals surface area contributed by atoms with Gasteiger partial charge in [-0.25, -0.2) is 0 Å². The molecule has 2 N–H and O–H groups in total. The molecule has 1 aliphatic rings. The number of likely N-dealkylation sites (N-methyl/N-ethyl adjacent to an activating group) is 1. The summed E-state index contributed by atoms with van der Waals surface area (Å²) in [7, 11) is 0. The van der Waals surface area contributed by atoms with Crippen LogP contribution in [0.1, 0.15) is 20.3 Å². The minimum absolute atomic E-state index is 0. The monoisotopic (exact) mass is 238 g/mol. The highest BCUT2D eigenvalue weighted by molar-refractivity contribution is 4.54. The topological polar surface area (TPSA) is 27.9 Å². The zero-order valence-corrected chi connectivity index (χ0v) is 9.47. The van der Waals surface area contributed by atoms with Crippen molar-refractivity contribution in [1.82, 2.24) is 4.90 Å². The predicted octanol–water partition coefficient (Wildman–Crippen LogP) is -4.10. The molecule has 1 aliphatic heterocycles. The highest BCUT2D eigenvalue weighted by atomic mass is 79.9. The maximum absolute atomic E-state index is 9.51. The van der Waals surface area contributed by atoms with Crippen molar-refractivity contribution in [2.45, 2.75) is 26.5 Å². The van der Waals surface area contributed by atoms with Crippen molar-refractivity contribution < 1.29 is 27.0 Å². The first-order chi connectivity index (χ1) is 5.27. The SMILES string of the molecule is CCC(O)[NH+]1CCN(CC)C1.[Br-]. The largest absolute Gasteiger partial charge is 1.00 e. The van der Waals surface area contributed by atoms with Crippen LogP contribution in [0.3, 0.4) is 0 Å². The van der Waals surface area contributed by atoms with E-state index in [-0.39, 0.29) is 23.2 Å². The Morgan fingerprint density at radius 1 is 1.50 bits per heavy atom. The van der Waals surface area contributed by atoms with Gasteiger partial charge in [0, 0.05) is 13.0 Å². The molecule has 0 spiro atoms. The summed E-state index contributed by atoms with van der Waals surface area (Å²) in [6, 6.07) is 0. The number of rotatable bonds is 3. The van der Waals surface area contributed by atoms with E-state index < -0.39 is 0 Å². The Bertz CT molecular complexity index is 124. The molecule has 2 unspecified atom stereocenters. The van der Waals surface area contributed by atoms with E-state index in [2.05, 4.69) is 11.8 Å². The standard InChI is InChI=1S/C8H18N2O.BrH/c1-3-8(11)10-6-5-9(4-2)7-10;/h8,11H,3-7H2,1-2H3;1H. The van der Waals surface area contributed by atoms with Gasteiger partial charge in [0.25, 0.3) is 0 Å². The molecule has 0 aliphatic carbocycles. The fourth-order valence-corrected chi connectivity index (χ4v) is 1.58. The number of quaternary nitrogens is 1. The molecule has 3 nitrogen and oxygen atoms in total. The third-order valence-corrected chi connectivity index (χ3v) is 2.48. The third-order valence-electron chi connectivity index (χ3n) is 2.48. The van der Waals surface area contributed by atoms with Crippen LogP contribution in [-0.4, -0.2) is 42.5 Å². The van der Waals surface area contributed by atoms with E-state index in [9.17, 15) is 5.11 Å². The Labute approximate surface area is 85.1 Å². The van der Waals surface area contributed by atoms with Gasteiger partial charge in [-0.1, -0.05) is 13.8 Å². The first-order valence-electron chi connectivity index (χ1n) is 4.53. The van der Waals surface area contributed by atoms with Crippen LogP contribution < -0.4 is 21.9 Å². The van der Waals surface area contributed by atoms with E-state index in [4.69, 9.17) is 0 Å². The normalized spacial score (nSPS) is 26.8. The smallest absolute Gasteiger partial charge is 0.189 e. The van der Waals surface area contributed by atoms with Crippen LogP contribution in [0.2, 0.25) is 0 Å². The molecule has 2 atom stereocenters. The van der Waals surface area contributed by atoms with Crippen molar-refractivity contribution in [2.75, 3.05) is 26.3 Å². The Hall–Kier alpha value is 0.360. The molecule has 0 bridgehead atoms. The fourth-order valence-electron chi connectivity index (χ4n) is 1.58. The summed E-state index contributed by atoms with van der Waals surface area (Å²) in [6.45, 7) is 8.57. The average molecular weight is 239 g/mol. The van der Waals surface area contributed by atoms with Crippen molar-refractivity contribution in [3.05, 3.63) is 0 Å². The zero-order valence-electron chi connectivity index (χ0n) is 7.89. The summed E-state index contributed by atoms with van der Waals surface area (Å²) < 4.78 is 0. The molecule has 0 saturated carbocycles. The molecule has 1 saturated heterocycles. The minimum Gasteiger partial charge on any atom is -1.00 e. The second kappa shape index (κ2) is 5.91. The van der Waals surface area contributed by atoms with E-state index in [0.29, 0.717) is 0 Å². The van der Waals surface area contributed by atoms with Gasteiger partial charge in [0.1, 0.15) is 6.67 Å². The van der Waals surface area contributed by atoms with Gasteiger partial charge in [0.15, 0.2) is 6.23 Å². The molecule has 0 amide bonds. The Kier molecular flexibility index (Phi) is 6.09. The number of nitrogens with zero attached hydrogens (tertiary/aromatic N) is 1. The first-order valence-corrected chi connectivity index (χ1v) is 4.53. The number of aliphatic hydroxyl groups excluding tert-OH is 1. The summed E-state index contributed by atoms with van der Waals surface area (Å²) in [6.07, 6.45) is 0.721. The lowest BCUT2D eigenvalue weighted by Crippen LogP contribution is -3.14. The molecule has 1 fully saturated rings. The maximum atomic E-state index is 9.51. The average Bonchev–Trinajstić information content (AvgIpc) is 2.50. The van der Waals surface area contributed by atoms with E-state index in [0.717, 1.165) is 32.7 Å². The van der Waals surface area contributed by atoms with Crippen molar-refractivity contribution in [2.24, 2.45) is 0 Å². The summed E-state index contributed by atoms with van der Waals surface area (Å²) in [5.41, 5.74) is 0. The van der Waals surface area contributed by atoms with Crippen molar-refractivity contribution in [1.29, 1.82) is 0 Å². The van der Waals surface area contributed by atoms with E-state index in [1.165, 1.54) is 4.90 Å². The highest BCUT2D eigenvalue weighted by Gasteiger charge is 2.26. The number of aliphatic hydroxyl groups is 1. The molecule has 4 heteroatoms. The lowest BCUT2D eigenvalue weighted by atomic mass is 10.4. The van der Waals surface area contributed by atoms with Crippen LogP contribution in [0.25, 0.3) is 0 Å². The molecule has 0 aromatic rings.